The molecular formula is C25H46O6. The lowest BCUT2D eigenvalue weighted by Gasteiger charge is -2.41. The number of carboxylic acid groups (broad SMARTS) is 1. The monoisotopic (exact) mass is 442 g/mol. The minimum atomic E-state index is -0.859. The minimum absolute atomic E-state index is 0.0868. The lowest BCUT2D eigenvalue weighted by molar-refractivity contribution is -0.159. The lowest BCUT2D eigenvalue weighted by atomic mass is 9.64. The number of rotatable bonds is 4. The van der Waals surface area contributed by atoms with Crippen molar-refractivity contribution in [1.29, 1.82) is 0 Å². The molecule has 6 heteroatoms. The molecule has 0 amide bonds. The Bertz CT molecular complexity index is 582. The maximum Gasteiger partial charge on any atom is 0.314 e. The summed E-state index contributed by atoms with van der Waals surface area (Å²) in [5.41, 5.74) is -0.948. The van der Waals surface area contributed by atoms with E-state index in [0.717, 1.165) is 38.5 Å². The van der Waals surface area contributed by atoms with Gasteiger partial charge in [0.25, 0.3) is 0 Å². The smallest absolute Gasteiger partial charge is 0.314 e. The fourth-order valence-electron chi connectivity index (χ4n) is 5.16. The molecule has 0 radical (unpaired) electrons. The van der Waals surface area contributed by atoms with E-state index in [4.69, 9.17) is 9.84 Å². The summed E-state index contributed by atoms with van der Waals surface area (Å²) in [5, 5.41) is 27.8. The Hall–Kier alpha value is -1.14. The highest BCUT2D eigenvalue weighted by Crippen LogP contribution is 2.46. The van der Waals surface area contributed by atoms with E-state index in [9.17, 15) is 19.8 Å². The Morgan fingerprint density at radius 3 is 1.32 bits per heavy atom. The Kier molecular flexibility index (Phi) is 9.58. The van der Waals surface area contributed by atoms with Gasteiger partial charge >= 0.3 is 11.9 Å². The molecule has 0 aromatic heterocycles. The molecule has 31 heavy (non-hydrogen) atoms. The third kappa shape index (κ3) is 6.92. The molecule has 2 aliphatic carbocycles. The number of methoxy groups -OCH3 is 1. The quantitative estimate of drug-likeness (QED) is 0.547. The van der Waals surface area contributed by atoms with Gasteiger partial charge in [-0.05, 0) is 74.0 Å². The first-order valence-electron chi connectivity index (χ1n) is 11.7. The Morgan fingerprint density at radius 2 is 1.10 bits per heavy atom. The third-order valence-corrected chi connectivity index (χ3v) is 8.01. The Morgan fingerprint density at radius 1 is 0.774 bits per heavy atom. The predicted octanol–water partition coefficient (Wildman–Crippen LogP) is 4.66. The number of carbonyl (C=O) groups is 2. The van der Waals surface area contributed by atoms with Crippen LogP contribution in [0.3, 0.4) is 0 Å². The van der Waals surface area contributed by atoms with Crippen LogP contribution in [-0.4, -0.2) is 47.6 Å². The number of aliphatic carboxylic acids is 1. The molecule has 0 bridgehead atoms. The molecule has 0 heterocycles. The van der Waals surface area contributed by atoms with Gasteiger partial charge in [-0.1, -0.05) is 41.5 Å². The first kappa shape index (κ1) is 27.9. The highest BCUT2D eigenvalue weighted by molar-refractivity contribution is 5.77. The van der Waals surface area contributed by atoms with Crippen molar-refractivity contribution in [3.63, 3.8) is 0 Å². The molecule has 0 aliphatic heterocycles. The van der Waals surface area contributed by atoms with Gasteiger partial charge in [0.2, 0.25) is 0 Å². The fraction of sp³-hybridized carbons (Fsp3) is 0.920. The van der Waals surface area contributed by atoms with E-state index < -0.39 is 16.8 Å². The molecule has 0 unspecified atom stereocenters. The Labute approximate surface area is 188 Å². The van der Waals surface area contributed by atoms with Gasteiger partial charge in [0.15, 0.2) is 0 Å². The molecule has 0 aromatic carbocycles. The van der Waals surface area contributed by atoms with Crippen LogP contribution in [0.25, 0.3) is 0 Å². The van der Waals surface area contributed by atoms with Crippen LogP contribution in [0.15, 0.2) is 0 Å². The van der Waals surface area contributed by atoms with Crippen LogP contribution in [-0.2, 0) is 14.3 Å². The third-order valence-electron chi connectivity index (χ3n) is 8.01. The van der Waals surface area contributed by atoms with Crippen LogP contribution in [0.2, 0.25) is 0 Å². The normalized spacial score (nSPS) is 31.9. The summed E-state index contributed by atoms with van der Waals surface area (Å²) in [6.45, 7) is 13.0. The fourth-order valence-corrected chi connectivity index (χ4v) is 5.16. The highest BCUT2D eigenvalue weighted by atomic mass is 16.5. The molecule has 6 nitrogen and oxygen atoms in total. The number of carbonyl (C=O) groups excluding carboxylic acids is 1. The number of hydrogen-bond acceptors (Lipinski definition) is 5. The van der Waals surface area contributed by atoms with Crippen molar-refractivity contribution in [2.45, 2.75) is 92.9 Å². The number of aliphatic hydroxyl groups excluding tert-OH is 2. The van der Waals surface area contributed by atoms with Crippen molar-refractivity contribution < 1.29 is 29.6 Å². The van der Waals surface area contributed by atoms with E-state index in [2.05, 4.69) is 41.5 Å². The van der Waals surface area contributed by atoms with Gasteiger partial charge < -0.3 is 20.1 Å². The van der Waals surface area contributed by atoms with E-state index in [0.29, 0.717) is 24.7 Å². The second kappa shape index (κ2) is 10.7. The molecular weight excluding hydrogens is 396 g/mol. The second-order valence-corrected chi connectivity index (χ2v) is 12.0. The highest BCUT2D eigenvalue weighted by Gasteiger charge is 2.45. The summed E-state index contributed by atoms with van der Waals surface area (Å²) in [6, 6.07) is 0. The summed E-state index contributed by atoms with van der Waals surface area (Å²) < 4.78 is 4.81. The van der Waals surface area contributed by atoms with Crippen LogP contribution < -0.4 is 0 Å². The average Bonchev–Trinajstić information content (AvgIpc) is 2.72. The second-order valence-electron chi connectivity index (χ2n) is 12.0. The number of hydrogen-bond donors (Lipinski definition) is 3. The largest absolute Gasteiger partial charge is 0.481 e. The first-order valence-corrected chi connectivity index (χ1v) is 11.7. The number of aliphatic hydroxyl groups is 2. The van der Waals surface area contributed by atoms with Crippen molar-refractivity contribution >= 4 is 11.9 Å². The minimum Gasteiger partial charge on any atom is -0.481 e. The van der Waals surface area contributed by atoms with E-state index >= 15 is 0 Å². The average molecular weight is 443 g/mol. The summed E-state index contributed by atoms with van der Waals surface area (Å²) in [5.74, 6) is 0.132. The van der Waals surface area contributed by atoms with Crippen molar-refractivity contribution in [1.82, 2.24) is 0 Å². The van der Waals surface area contributed by atoms with Gasteiger partial charge in [0, 0.05) is 0 Å². The van der Waals surface area contributed by atoms with E-state index in [1.54, 1.807) is 0 Å². The number of ether oxygens (including phenoxy) is 1. The van der Waals surface area contributed by atoms with Crippen LogP contribution in [0.5, 0.6) is 0 Å². The molecule has 182 valence electrons. The standard InChI is InChI=1S/C13H24O3.C12H22O3/c1-12(2,3)10-5-7-13(9-14,8-6-10)11(15)16-4;1-11(2,3)9-4-6-12(8-13,7-5-9)10(14)15/h10,14H,5-9H2,1-4H3;9,13H,4-8H2,1-3H3,(H,14,15). The SMILES string of the molecule is CC(C)(C)C1CCC(CO)(C(=O)O)CC1.COC(=O)C1(CO)CCC(C(C)(C)C)CC1. The topological polar surface area (TPSA) is 104 Å². The molecule has 2 aliphatic rings. The maximum atomic E-state index is 11.7. The predicted molar refractivity (Wildman–Crippen MR) is 122 cm³/mol. The van der Waals surface area contributed by atoms with Crippen LogP contribution in [0.4, 0.5) is 0 Å². The van der Waals surface area contributed by atoms with Crippen molar-refractivity contribution in [3.8, 4) is 0 Å². The van der Waals surface area contributed by atoms with E-state index in [-0.39, 0.29) is 30.0 Å². The van der Waals surface area contributed by atoms with Gasteiger partial charge in [-0.25, -0.2) is 0 Å². The van der Waals surface area contributed by atoms with Gasteiger partial charge in [0.05, 0.1) is 31.2 Å². The molecule has 0 saturated heterocycles. The van der Waals surface area contributed by atoms with Crippen molar-refractivity contribution in [2.75, 3.05) is 20.3 Å². The molecule has 2 saturated carbocycles. The van der Waals surface area contributed by atoms with E-state index in [1.165, 1.54) is 7.11 Å². The van der Waals surface area contributed by atoms with Gasteiger partial charge in [-0.3, -0.25) is 9.59 Å². The zero-order valence-electron chi connectivity index (χ0n) is 20.8. The zero-order valence-corrected chi connectivity index (χ0v) is 20.8. The van der Waals surface area contributed by atoms with Crippen LogP contribution >= 0.6 is 0 Å². The summed E-state index contributed by atoms with van der Waals surface area (Å²) in [6.07, 6.45) is 6.54. The van der Waals surface area contributed by atoms with Crippen molar-refractivity contribution in [2.24, 2.45) is 33.5 Å². The van der Waals surface area contributed by atoms with Crippen LogP contribution in [0, 0.1) is 33.5 Å². The van der Waals surface area contributed by atoms with Gasteiger partial charge in [0.1, 0.15) is 0 Å². The molecule has 3 N–H and O–H groups in total. The molecule has 0 atom stereocenters. The van der Waals surface area contributed by atoms with Gasteiger partial charge in [-0.2, -0.15) is 0 Å². The zero-order chi connectivity index (χ0) is 24.1. The van der Waals surface area contributed by atoms with Crippen LogP contribution in [0.1, 0.15) is 92.9 Å². The Balaban J connectivity index is 0.000000311. The summed E-state index contributed by atoms with van der Waals surface area (Å²) >= 11 is 0. The lowest BCUT2D eigenvalue weighted by Crippen LogP contribution is -2.41. The number of carboxylic acids is 1. The molecule has 2 fully saturated rings. The summed E-state index contributed by atoms with van der Waals surface area (Å²) in [4.78, 5) is 22.8. The van der Waals surface area contributed by atoms with E-state index in [1.807, 2.05) is 0 Å². The molecule has 2 rings (SSSR count). The number of esters is 1. The molecule has 0 spiro atoms. The molecule has 0 aromatic rings. The van der Waals surface area contributed by atoms with Gasteiger partial charge in [-0.15, -0.1) is 0 Å². The first-order chi connectivity index (χ1) is 14.2. The summed E-state index contributed by atoms with van der Waals surface area (Å²) in [7, 11) is 1.40. The maximum absolute atomic E-state index is 11.7. The van der Waals surface area contributed by atoms with Crippen molar-refractivity contribution in [3.05, 3.63) is 0 Å².